The van der Waals surface area contributed by atoms with Gasteiger partial charge in [-0.1, -0.05) is 25.7 Å². The second-order valence-electron chi connectivity index (χ2n) is 6.49. The van der Waals surface area contributed by atoms with Crippen molar-refractivity contribution in [2.24, 2.45) is 11.8 Å². The smallest absolute Gasteiger partial charge is 0.0270 e. The number of hydrogen-bond acceptors (Lipinski definition) is 2. The summed E-state index contributed by atoms with van der Waals surface area (Å²) in [5, 5.41) is 7.71. The lowest BCUT2D eigenvalue weighted by Crippen LogP contribution is -2.36. The van der Waals surface area contributed by atoms with Crippen molar-refractivity contribution in [1.29, 1.82) is 0 Å². The zero-order valence-electron chi connectivity index (χ0n) is 10.1. The van der Waals surface area contributed by atoms with Gasteiger partial charge in [0.2, 0.25) is 0 Å². The second-order valence-corrected chi connectivity index (χ2v) is 6.49. The van der Waals surface area contributed by atoms with Crippen LogP contribution in [0.2, 0.25) is 0 Å². The van der Waals surface area contributed by atoms with Crippen molar-refractivity contribution in [2.75, 3.05) is 0 Å². The monoisotopic (exact) mass is 220 g/mol. The van der Waals surface area contributed by atoms with Crippen molar-refractivity contribution in [2.45, 2.75) is 75.5 Å². The highest BCUT2D eigenvalue weighted by atomic mass is 15.2. The van der Waals surface area contributed by atoms with Gasteiger partial charge in [0.1, 0.15) is 0 Å². The molecular weight excluding hydrogens is 196 g/mol. The molecule has 2 N–H and O–H groups in total. The minimum atomic E-state index is 0.865. The molecule has 0 aromatic carbocycles. The molecule has 4 rings (SSSR count). The van der Waals surface area contributed by atoms with Crippen LogP contribution < -0.4 is 10.6 Å². The highest BCUT2D eigenvalue weighted by molar-refractivity contribution is 5.15. The predicted octanol–water partition coefficient (Wildman–Crippen LogP) is 2.05. The van der Waals surface area contributed by atoms with E-state index in [2.05, 4.69) is 10.6 Å². The molecule has 0 aromatic heterocycles. The van der Waals surface area contributed by atoms with Gasteiger partial charge < -0.3 is 10.6 Å². The fraction of sp³-hybridized carbons (Fsp3) is 1.00. The molecule has 16 heavy (non-hydrogen) atoms. The lowest BCUT2D eigenvalue weighted by atomic mass is 9.74. The Morgan fingerprint density at radius 2 is 1.44 bits per heavy atom. The summed E-state index contributed by atoms with van der Waals surface area (Å²) in [5.41, 5.74) is 0. The molecule has 2 aliphatic carbocycles. The average Bonchev–Trinajstić information content (AvgIpc) is 2.96. The van der Waals surface area contributed by atoms with E-state index in [1.54, 1.807) is 0 Å². The fourth-order valence-electron chi connectivity index (χ4n) is 4.85. The van der Waals surface area contributed by atoms with E-state index in [0.29, 0.717) is 0 Å². The molecule has 0 bridgehead atoms. The van der Waals surface area contributed by atoms with E-state index in [9.17, 15) is 0 Å². The summed E-state index contributed by atoms with van der Waals surface area (Å²) in [7, 11) is 0. The zero-order chi connectivity index (χ0) is 10.5. The molecule has 4 fully saturated rings. The third-order valence-corrected chi connectivity index (χ3v) is 5.64. The van der Waals surface area contributed by atoms with Crippen molar-refractivity contribution >= 4 is 0 Å². The molecule has 4 aliphatic rings. The molecule has 0 spiro atoms. The van der Waals surface area contributed by atoms with E-state index in [4.69, 9.17) is 0 Å². The maximum absolute atomic E-state index is 3.98. The summed E-state index contributed by atoms with van der Waals surface area (Å²) in [5.74, 6) is 2.00. The van der Waals surface area contributed by atoms with Gasteiger partial charge in [0.25, 0.3) is 0 Å². The van der Waals surface area contributed by atoms with Gasteiger partial charge in [-0.3, -0.25) is 0 Å². The van der Waals surface area contributed by atoms with E-state index >= 15 is 0 Å². The Kier molecular flexibility index (Phi) is 2.29. The Labute approximate surface area is 98.6 Å². The largest absolute Gasteiger partial charge is 0.311 e. The molecule has 6 atom stereocenters. The van der Waals surface area contributed by atoms with Crippen LogP contribution >= 0.6 is 0 Å². The lowest BCUT2D eigenvalue weighted by Gasteiger charge is -2.28. The zero-order valence-corrected chi connectivity index (χ0v) is 10.1. The first-order valence-electron chi connectivity index (χ1n) is 7.45. The number of nitrogens with one attached hydrogen (secondary N) is 2. The Morgan fingerprint density at radius 3 is 2.38 bits per heavy atom. The van der Waals surface area contributed by atoms with Gasteiger partial charge in [-0.25, -0.2) is 0 Å². The predicted molar refractivity (Wildman–Crippen MR) is 65.3 cm³/mol. The van der Waals surface area contributed by atoms with Crippen molar-refractivity contribution in [3.63, 3.8) is 0 Å². The van der Waals surface area contributed by atoms with Gasteiger partial charge in [0, 0.05) is 24.2 Å². The van der Waals surface area contributed by atoms with Crippen LogP contribution in [0.15, 0.2) is 0 Å². The summed E-state index contributed by atoms with van der Waals surface area (Å²) in [6.45, 7) is 0. The minimum Gasteiger partial charge on any atom is -0.311 e. The Morgan fingerprint density at radius 1 is 0.625 bits per heavy atom. The van der Waals surface area contributed by atoms with E-state index in [1.807, 2.05) is 0 Å². The summed E-state index contributed by atoms with van der Waals surface area (Å²) < 4.78 is 0. The number of fused-ring (bicyclic) bond motifs is 5. The summed E-state index contributed by atoms with van der Waals surface area (Å²) in [6.07, 6.45) is 11.7. The third-order valence-electron chi connectivity index (χ3n) is 5.64. The molecule has 0 amide bonds. The summed E-state index contributed by atoms with van der Waals surface area (Å²) >= 11 is 0. The van der Waals surface area contributed by atoms with Crippen LogP contribution in [-0.2, 0) is 0 Å². The molecule has 2 heterocycles. The van der Waals surface area contributed by atoms with E-state index < -0.39 is 0 Å². The molecule has 2 heteroatoms. The standard InChI is InChI=1S/C14H24N2/c1-2-4-6-10-9(5-3-1)13-11(15-10)7-8-12-14(13)16-12/h9-16H,1-8H2. The van der Waals surface area contributed by atoms with Crippen LogP contribution in [-0.4, -0.2) is 24.2 Å². The minimum absolute atomic E-state index is 0.865. The van der Waals surface area contributed by atoms with Crippen molar-refractivity contribution in [3.05, 3.63) is 0 Å². The molecule has 2 saturated heterocycles. The van der Waals surface area contributed by atoms with Gasteiger partial charge in [-0.15, -0.1) is 0 Å². The Balaban J connectivity index is 1.56. The number of hydrogen-bond donors (Lipinski definition) is 2. The molecule has 90 valence electrons. The van der Waals surface area contributed by atoms with Gasteiger partial charge in [-0.05, 0) is 37.5 Å². The van der Waals surface area contributed by atoms with Crippen molar-refractivity contribution in [1.82, 2.24) is 10.6 Å². The van der Waals surface area contributed by atoms with E-state index in [1.165, 1.54) is 51.4 Å². The van der Waals surface area contributed by atoms with Gasteiger partial charge >= 0.3 is 0 Å². The van der Waals surface area contributed by atoms with Crippen LogP contribution in [0.3, 0.4) is 0 Å². The van der Waals surface area contributed by atoms with Gasteiger partial charge in [0.05, 0.1) is 0 Å². The third kappa shape index (κ3) is 1.46. The quantitative estimate of drug-likeness (QED) is 0.613. The fourth-order valence-corrected chi connectivity index (χ4v) is 4.85. The molecule has 0 aromatic rings. The van der Waals surface area contributed by atoms with Crippen molar-refractivity contribution in [3.8, 4) is 0 Å². The Bertz CT molecular complexity index is 278. The second kappa shape index (κ2) is 3.71. The molecule has 2 saturated carbocycles. The highest BCUT2D eigenvalue weighted by Gasteiger charge is 2.56. The van der Waals surface area contributed by atoms with Crippen LogP contribution in [0, 0.1) is 11.8 Å². The molecule has 2 nitrogen and oxygen atoms in total. The lowest BCUT2D eigenvalue weighted by molar-refractivity contribution is 0.264. The molecular formula is C14H24N2. The SMILES string of the molecule is C1CCCC2C(CC1)NC1CCC3NC3C12. The average molecular weight is 220 g/mol. The summed E-state index contributed by atoms with van der Waals surface area (Å²) in [4.78, 5) is 0. The topological polar surface area (TPSA) is 34.0 Å². The van der Waals surface area contributed by atoms with Crippen LogP contribution in [0.1, 0.15) is 51.4 Å². The van der Waals surface area contributed by atoms with Crippen LogP contribution in [0.5, 0.6) is 0 Å². The highest BCUT2D eigenvalue weighted by Crippen LogP contribution is 2.46. The summed E-state index contributed by atoms with van der Waals surface area (Å²) in [6, 6.07) is 3.55. The maximum Gasteiger partial charge on any atom is 0.0270 e. The van der Waals surface area contributed by atoms with Crippen molar-refractivity contribution < 1.29 is 0 Å². The molecule has 0 radical (unpaired) electrons. The van der Waals surface area contributed by atoms with Crippen LogP contribution in [0.4, 0.5) is 0 Å². The first-order valence-corrected chi connectivity index (χ1v) is 7.45. The van der Waals surface area contributed by atoms with Gasteiger partial charge in [-0.2, -0.15) is 0 Å². The van der Waals surface area contributed by atoms with Crippen LogP contribution in [0.25, 0.3) is 0 Å². The molecule has 2 aliphatic heterocycles. The van der Waals surface area contributed by atoms with Gasteiger partial charge in [0.15, 0.2) is 0 Å². The first-order chi connectivity index (χ1) is 7.93. The Hall–Kier alpha value is -0.0800. The first kappa shape index (κ1) is 9.90. The number of rotatable bonds is 0. The maximum atomic E-state index is 3.98. The van der Waals surface area contributed by atoms with E-state index in [0.717, 1.165) is 36.0 Å². The van der Waals surface area contributed by atoms with E-state index in [-0.39, 0.29) is 0 Å². The molecule has 6 unspecified atom stereocenters. The normalized spacial score (nSPS) is 55.5.